The molecule has 142 valence electrons. The van der Waals surface area contributed by atoms with Crippen LogP contribution in [-0.2, 0) is 16.0 Å². The van der Waals surface area contributed by atoms with E-state index in [9.17, 15) is 14.9 Å². The number of nitrogens with two attached hydrogens (primary N) is 1. The number of hydrogen-bond donors (Lipinski definition) is 2. The van der Waals surface area contributed by atoms with Gasteiger partial charge in [0.2, 0.25) is 11.8 Å². The zero-order chi connectivity index (χ0) is 20.4. The van der Waals surface area contributed by atoms with Gasteiger partial charge in [-0.2, -0.15) is 5.26 Å². The van der Waals surface area contributed by atoms with E-state index in [-0.39, 0.29) is 12.3 Å². The van der Waals surface area contributed by atoms with Gasteiger partial charge in [0.1, 0.15) is 6.04 Å². The molecule has 0 fully saturated rings. The quantitative estimate of drug-likeness (QED) is 0.711. The number of hydrogen-bond acceptors (Lipinski definition) is 3. The fourth-order valence-corrected chi connectivity index (χ4v) is 3.94. The Balaban J connectivity index is 1.64. The van der Waals surface area contributed by atoms with E-state index in [4.69, 9.17) is 5.73 Å². The van der Waals surface area contributed by atoms with Crippen molar-refractivity contribution in [1.82, 2.24) is 5.32 Å². The minimum absolute atomic E-state index is 0.167. The van der Waals surface area contributed by atoms with Crippen LogP contribution in [0, 0.1) is 11.3 Å². The molecule has 2 amide bonds. The van der Waals surface area contributed by atoms with Gasteiger partial charge in [0.05, 0.1) is 17.6 Å². The summed E-state index contributed by atoms with van der Waals surface area (Å²) in [6.45, 7) is 0. The van der Waals surface area contributed by atoms with Crippen LogP contribution in [0.3, 0.4) is 0 Å². The third-order valence-corrected chi connectivity index (χ3v) is 5.32. The predicted molar refractivity (Wildman–Crippen MR) is 110 cm³/mol. The number of carbonyl (C=O) groups is 2. The van der Waals surface area contributed by atoms with Crippen molar-refractivity contribution in [3.8, 4) is 17.2 Å². The maximum atomic E-state index is 13.2. The largest absolute Gasteiger partial charge is 0.368 e. The van der Waals surface area contributed by atoms with Gasteiger partial charge < -0.3 is 11.1 Å². The van der Waals surface area contributed by atoms with Crippen LogP contribution in [0.4, 0.5) is 0 Å². The maximum absolute atomic E-state index is 13.2. The Morgan fingerprint density at radius 3 is 2.07 bits per heavy atom. The molecule has 1 atom stereocenters. The van der Waals surface area contributed by atoms with Crippen molar-refractivity contribution >= 4 is 11.8 Å². The molecule has 0 bridgehead atoms. The normalized spacial score (nSPS) is 13.1. The Labute approximate surface area is 168 Å². The highest BCUT2D eigenvalue weighted by Crippen LogP contribution is 2.44. The first-order chi connectivity index (χ1) is 14.1. The topological polar surface area (TPSA) is 96.0 Å². The lowest BCUT2D eigenvalue weighted by molar-refractivity contribution is -0.127. The van der Waals surface area contributed by atoms with E-state index in [0.29, 0.717) is 11.1 Å². The molecule has 0 unspecified atom stereocenters. The second-order valence-corrected chi connectivity index (χ2v) is 7.04. The molecular formula is C24H19N3O2. The fourth-order valence-electron chi connectivity index (χ4n) is 3.94. The standard InChI is InChI=1S/C24H19N3O2/c25-14-16-8-2-1-7-15(16)13-21(23(26)28)27-24(29)22-19-11-5-3-9-17(19)18-10-4-6-12-20(18)22/h1-12,21-22H,13H2,(H2,26,28)(H,27,29)/t21-/m1/s1. The van der Waals surface area contributed by atoms with Crippen LogP contribution >= 0.6 is 0 Å². The van der Waals surface area contributed by atoms with Gasteiger partial charge in [0, 0.05) is 6.42 Å². The molecule has 0 aliphatic heterocycles. The number of nitriles is 1. The van der Waals surface area contributed by atoms with Crippen LogP contribution < -0.4 is 11.1 Å². The number of benzene rings is 3. The molecule has 0 saturated carbocycles. The molecule has 3 N–H and O–H groups in total. The highest BCUT2D eigenvalue weighted by Gasteiger charge is 2.35. The second-order valence-electron chi connectivity index (χ2n) is 7.04. The molecule has 3 aromatic carbocycles. The molecule has 3 aromatic rings. The van der Waals surface area contributed by atoms with E-state index in [1.165, 1.54) is 0 Å². The lowest BCUT2D eigenvalue weighted by Gasteiger charge is -2.20. The van der Waals surface area contributed by atoms with Crippen molar-refractivity contribution in [2.75, 3.05) is 0 Å². The van der Waals surface area contributed by atoms with Crippen LogP contribution in [-0.4, -0.2) is 17.9 Å². The predicted octanol–water partition coefficient (Wildman–Crippen LogP) is 2.88. The first kappa shape index (κ1) is 18.5. The van der Waals surface area contributed by atoms with Crippen molar-refractivity contribution in [3.05, 3.63) is 95.1 Å². The van der Waals surface area contributed by atoms with E-state index in [1.54, 1.807) is 24.3 Å². The zero-order valence-corrected chi connectivity index (χ0v) is 15.6. The van der Waals surface area contributed by atoms with E-state index in [2.05, 4.69) is 11.4 Å². The van der Waals surface area contributed by atoms with Crippen LogP contribution in [0.25, 0.3) is 11.1 Å². The van der Waals surface area contributed by atoms with E-state index in [0.717, 1.165) is 22.3 Å². The molecule has 0 spiro atoms. The number of fused-ring (bicyclic) bond motifs is 3. The molecule has 5 heteroatoms. The Bertz CT molecular complexity index is 1100. The van der Waals surface area contributed by atoms with Crippen molar-refractivity contribution in [2.24, 2.45) is 5.73 Å². The molecule has 29 heavy (non-hydrogen) atoms. The molecule has 4 rings (SSSR count). The third-order valence-electron chi connectivity index (χ3n) is 5.32. The van der Waals surface area contributed by atoms with Crippen molar-refractivity contribution in [2.45, 2.75) is 18.4 Å². The molecule has 1 aliphatic carbocycles. The SMILES string of the molecule is N#Cc1ccccc1C[C@@H](NC(=O)C1c2ccccc2-c2ccccc21)C(N)=O. The van der Waals surface area contributed by atoms with Crippen molar-refractivity contribution in [3.63, 3.8) is 0 Å². The monoisotopic (exact) mass is 381 g/mol. The summed E-state index contributed by atoms with van der Waals surface area (Å²) in [5.41, 5.74) is 10.6. The maximum Gasteiger partial charge on any atom is 0.240 e. The summed E-state index contributed by atoms with van der Waals surface area (Å²) in [7, 11) is 0. The molecule has 5 nitrogen and oxygen atoms in total. The Hall–Kier alpha value is -3.91. The van der Waals surface area contributed by atoms with E-state index >= 15 is 0 Å². The van der Waals surface area contributed by atoms with Gasteiger partial charge in [0.15, 0.2) is 0 Å². The van der Waals surface area contributed by atoms with Gasteiger partial charge in [-0.3, -0.25) is 9.59 Å². The first-order valence-corrected chi connectivity index (χ1v) is 9.36. The molecule has 0 radical (unpaired) electrons. The number of nitrogens with zero attached hydrogens (tertiary/aromatic N) is 1. The smallest absolute Gasteiger partial charge is 0.240 e. The number of carbonyl (C=O) groups excluding carboxylic acids is 2. The van der Waals surface area contributed by atoms with Gasteiger partial charge in [-0.05, 0) is 33.9 Å². The summed E-state index contributed by atoms with van der Waals surface area (Å²) >= 11 is 0. The van der Waals surface area contributed by atoms with Gasteiger partial charge in [-0.25, -0.2) is 0 Å². The average molecular weight is 381 g/mol. The van der Waals surface area contributed by atoms with E-state index < -0.39 is 17.9 Å². The van der Waals surface area contributed by atoms with Crippen LogP contribution in [0.15, 0.2) is 72.8 Å². The van der Waals surface area contributed by atoms with Crippen LogP contribution in [0.2, 0.25) is 0 Å². The first-order valence-electron chi connectivity index (χ1n) is 9.36. The lowest BCUT2D eigenvalue weighted by atomic mass is 9.94. The molecular weight excluding hydrogens is 362 g/mol. The average Bonchev–Trinajstić information content (AvgIpc) is 3.08. The summed E-state index contributed by atoms with van der Waals surface area (Å²) in [4.78, 5) is 25.3. The van der Waals surface area contributed by atoms with Gasteiger partial charge in [-0.1, -0.05) is 66.7 Å². The highest BCUT2D eigenvalue weighted by molar-refractivity contribution is 5.98. The summed E-state index contributed by atoms with van der Waals surface area (Å²) < 4.78 is 0. The number of rotatable bonds is 5. The number of nitrogens with one attached hydrogen (secondary N) is 1. The molecule has 0 saturated heterocycles. The van der Waals surface area contributed by atoms with Crippen LogP contribution in [0.5, 0.6) is 0 Å². The van der Waals surface area contributed by atoms with Gasteiger partial charge >= 0.3 is 0 Å². The molecule has 1 aliphatic rings. The van der Waals surface area contributed by atoms with Gasteiger partial charge in [-0.15, -0.1) is 0 Å². The van der Waals surface area contributed by atoms with Crippen LogP contribution in [0.1, 0.15) is 28.2 Å². The lowest BCUT2D eigenvalue weighted by Crippen LogP contribution is -2.47. The Kier molecular flexibility index (Phi) is 4.84. The zero-order valence-electron chi connectivity index (χ0n) is 15.6. The third kappa shape index (κ3) is 3.37. The summed E-state index contributed by atoms with van der Waals surface area (Å²) in [5, 5.41) is 12.1. The summed E-state index contributed by atoms with van der Waals surface area (Å²) in [6.07, 6.45) is 0.167. The van der Waals surface area contributed by atoms with Gasteiger partial charge in [0.25, 0.3) is 0 Å². The number of amides is 2. The number of primary amides is 1. The molecule has 0 aromatic heterocycles. The van der Waals surface area contributed by atoms with Crippen molar-refractivity contribution in [1.29, 1.82) is 5.26 Å². The fraction of sp³-hybridized carbons (Fsp3) is 0.125. The Morgan fingerprint density at radius 1 is 0.931 bits per heavy atom. The second kappa shape index (κ2) is 7.61. The Morgan fingerprint density at radius 2 is 1.48 bits per heavy atom. The minimum Gasteiger partial charge on any atom is -0.368 e. The molecule has 0 heterocycles. The minimum atomic E-state index is -0.906. The van der Waals surface area contributed by atoms with Crippen molar-refractivity contribution < 1.29 is 9.59 Å². The summed E-state index contributed by atoms with van der Waals surface area (Å²) in [5.74, 6) is -1.42. The summed E-state index contributed by atoms with van der Waals surface area (Å²) in [6, 6.07) is 23.8. The van der Waals surface area contributed by atoms with E-state index in [1.807, 2.05) is 48.5 Å². The highest BCUT2D eigenvalue weighted by atomic mass is 16.2.